The van der Waals surface area contributed by atoms with E-state index in [2.05, 4.69) is 51.6 Å². The first kappa shape index (κ1) is 15.7. The standard InChI is InChI=1S/C15H24BrN3O/c1-15(2,3)14-17-12(16)9-13(18-14)19(4)7-8-20-10-11-5-6-11/h9,11H,5-8,10H2,1-4H3. The van der Waals surface area contributed by atoms with E-state index in [9.17, 15) is 0 Å². The van der Waals surface area contributed by atoms with Crippen molar-refractivity contribution in [2.45, 2.75) is 39.0 Å². The zero-order chi connectivity index (χ0) is 14.8. The predicted octanol–water partition coefficient (Wildman–Crippen LogP) is 3.40. The van der Waals surface area contributed by atoms with E-state index in [0.717, 1.165) is 41.9 Å². The molecule has 0 radical (unpaired) electrons. The third-order valence-electron chi connectivity index (χ3n) is 3.36. The Labute approximate surface area is 130 Å². The highest BCUT2D eigenvalue weighted by Crippen LogP contribution is 2.28. The maximum atomic E-state index is 5.68. The quantitative estimate of drug-likeness (QED) is 0.587. The van der Waals surface area contributed by atoms with Crippen LogP contribution in [0, 0.1) is 5.92 Å². The SMILES string of the molecule is CN(CCOCC1CC1)c1cc(Br)nc(C(C)(C)C)n1. The molecule has 0 spiro atoms. The lowest BCUT2D eigenvalue weighted by Gasteiger charge is -2.22. The largest absolute Gasteiger partial charge is 0.379 e. The molecule has 0 aromatic carbocycles. The number of aromatic nitrogens is 2. The first-order valence-corrected chi connectivity index (χ1v) is 7.99. The molecule has 0 saturated heterocycles. The van der Waals surface area contributed by atoms with Crippen LogP contribution < -0.4 is 4.90 Å². The van der Waals surface area contributed by atoms with Gasteiger partial charge in [0, 0.05) is 31.7 Å². The second-order valence-electron chi connectivity index (χ2n) is 6.56. The van der Waals surface area contributed by atoms with Crippen LogP contribution in [0.1, 0.15) is 39.4 Å². The van der Waals surface area contributed by atoms with Crippen molar-refractivity contribution in [2.24, 2.45) is 5.92 Å². The maximum absolute atomic E-state index is 5.68. The highest BCUT2D eigenvalue weighted by atomic mass is 79.9. The number of hydrogen-bond donors (Lipinski definition) is 0. The van der Waals surface area contributed by atoms with Crippen molar-refractivity contribution in [1.29, 1.82) is 0 Å². The van der Waals surface area contributed by atoms with Gasteiger partial charge in [0.15, 0.2) is 0 Å². The molecule has 112 valence electrons. The normalized spacial score (nSPS) is 15.4. The van der Waals surface area contributed by atoms with E-state index in [0.29, 0.717) is 0 Å². The van der Waals surface area contributed by atoms with E-state index in [4.69, 9.17) is 4.74 Å². The Balaban J connectivity index is 1.93. The van der Waals surface area contributed by atoms with Gasteiger partial charge in [-0.1, -0.05) is 20.8 Å². The molecule has 0 atom stereocenters. The lowest BCUT2D eigenvalue weighted by Crippen LogP contribution is -2.26. The Hall–Kier alpha value is -0.680. The van der Waals surface area contributed by atoms with Crippen LogP contribution in [0.25, 0.3) is 0 Å². The van der Waals surface area contributed by atoms with Gasteiger partial charge in [0.25, 0.3) is 0 Å². The third kappa shape index (κ3) is 4.70. The molecular formula is C15H24BrN3O. The minimum absolute atomic E-state index is 0.0537. The Morgan fingerprint density at radius 2 is 2.05 bits per heavy atom. The molecule has 1 aromatic heterocycles. The van der Waals surface area contributed by atoms with Gasteiger partial charge in [-0.3, -0.25) is 0 Å². The van der Waals surface area contributed by atoms with Crippen molar-refractivity contribution < 1.29 is 4.74 Å². The van der Waals surface area contributed by atoms with Crippen LogP contribution in [0.2, 0.25) is 0 Å². The van der Waals surface area contributed by atoms with Gasteiger partial charge in [-0.25, -0.2) is 9.97 Å². The number of anilines is 1. The van der Waals surface area contributed by atoms with Crippen LogP contribution in [0.15, 0.2) is 10.7 Å². The van der Waals surface area contributed by atoms with Gasteiger partial charge in [0.05, 0.1) is 6.61 Å². The van der Waals surface area contributed by atoms with Crippen molar-refractivity contribution in [2.75, 3.05) is 31.7 Å². The fourth-order valence-corrected chi connectivity index (χ4v) is 2.16. The number of rotatable bonds is 6. The fourth-order valence-electron chi connectivity index (χ4n) is 1.79. The number of ether oxygens (including phenoxy) is 1. The van der Waals surface area contributed by atoms with E-state index in [-0.39, 0.29) is 5.41 Å². The Bertz CT molecular complexity index is 455. The third-order valence-corrected chi connectivity index (χ3v) is 3.77. The van der Waals surface area contributed by atoms with Crippen LogP contribution in [0.3, 0.4) is 0 Å². The smallest absolute Gasteiger partial charge is 0.137 e. The summed E-state index contributed by atoms with van der Waals surface area (Å²) in [6, 6.07) is 1.95. The van der Waals surface area contributed by atoms with E-state index in [1.165, 1.54) is 12.8 Å². The average molecular weight is 342 g/mol. The number of halogens is 1. The first-order chi connectivity index (χ1) is 9.36. The summed E-state index contributed by atoms with van der Waals surface area (Å²) < 4.78 is 6.51. The summed E-state index contributed by atoms with van der Waals surface area (Å²) in [7, 11) is 2.04. The van der Waals surface area contributed by atoms with Gasteiger partial charge in [0.2, 0.25) is 0 Å². The second kappa shape index (κ2) is 6.39. The van der Waals surface area contributed by atoms with E-state index < -0.39 is 0 Å². The van der Waals surface area contributed by atoms with Crippen molar-refractivity contribution in [3.63, 3.8) is 0 Å². The minimum atomic E-state index is -0.0537. The fraction of sp³-hybridized carbons (Fsp3) is 0.733. The second-order valence-corrected chi connectivity index (χ2v) is 7.37. The van der Waals surface area contributed by atoms with E-state index >= 15 is 0 Å². The molecule has 0 amide bonds. The molecule has 5 heteroatoms. The van der Waals surface area contributed by atoms with Crippen molar-refractivity contribution >= 4 is 21.7 Å². The topological polar surface area (TPSA) is 38.2 Å². The number of hydrogen-bond acceptors (Lipinski definition) is 4. The van der Waals surface area contributed by atoms with E-state index in [1.807, 2.05) is 13.1 Å². The molecule has 1 heterocycles. The van der Waals surface area contributed by atoms with Gasteiger partial charge in [-0.05, 0) is 34.7 Å². The molecule has 1 aliphatic rings. The molecule has 1 aliphatic carbocycles. The van der Waals surface area contributed by atoms with Gasteiger partial charge >= 0.3 is 0 Å². The predicted molar refractivity (Wildman–Crippen MR) is 85.2 cm³/mol. The summed E-state index contributed by atoms with van der Waals surface area (Å²) in [4.78, 5) is 11.2. The summed E-state index contributed by atoms with van der Waals surface area (Å²) >= 11 is 3.47. The molecule has 0 bridgehead atoms. The Morgan fingerprint density at radius 3 is 2.65 bits per heavy atom. The van der Waals surface area contributed by atoms with Crippen LogP contribution in [0.5, 0.6) is 0 Å². The highest BCUT2D eigenvalue weighted by molar-refractivity contribution is 9.10. The molecule has 1 saturated carbocycles. The molecule has 1 fully saturated rings. The van der Waals surface area contributed by atoms with Crippen LogP contribution in [-0.2, 0) is 10.2 Å². The molecule has 2 rings (SSSR count). The van der Waals surface area contributed by atoms with Gasteiger partial charge < -0.3 is 9.64 Å². The summed E-state index contributed by atoms with van der Waals surface area (Å²) in [6.07, 6.45) is 2.67. The van der Waals surface area contributed by atoms with E-state index in [1.54, 1.807) is 0 Å². The molecular weight excluding hydrogens is 318 g/mol. The molecule has 0 unspecified atom stereocenters. The highest BCUT2D eigenvalue weighted by Gasteiger charge is 2.21. The van der Waals surface area contributed by atoms with Crippen molar-refractivity contribution in [3.05, 3.63) is 16.5 Å². The Morgan fingerprint density at radius 1 is 1.35 bits per heavy atom. The monoisotopic (exact) mass is 341 g/mol. The Kier molecular flexibility index (Phi) is 5.02. The summed E-state index contributed by atoms with van der Waals surface area (Å²) in [5.41, 5.74) is -0.0537. The van der Waals surface area contributed by atoms with Gasteiger partial charge in [-0.2, -0.15) is 0 Å². The maximum Gasteiger partial charge on any atom is 0.137 e. The lowest BCUT2D eigenvalue weighted by molar-refractivity contribution is 0.130. The van der Waals surface area contributed by atoms with Gasteiger partial charge in [0.1, 0.15) is 16.2 Å². The zero-order valence-corrected chi connectivity index (χ0v) is 14.4. The van der Waals surface area contributed by atoms with Crippen LogP contribution in [0.4, 0.5) is 5.82 Å². The van der Waals surface area contributed by atoms with Crippen molar-refractivity contribution in [3.8, 4) is 0 Å². The number of likely N-dealkylation sites (N-methyl/N-ethyl adjacent to an activating group) is 1. The molecule has 4 nitrogen and oxygen atoms in total. The molecule has 0 N–H and O–H groups in total. The van der Waals surface area contributed by atoms with Crippen LogP contribution >= 0.6 is 15.9 Å². The average Bonchev–Trinajstić information content (AvgIpc) is 3.16. The zero-order valence-electron chi connectivity index (χ0n) is 12.8. The summed E-state index contributed by atoms with van der Waals surface area (Å²) in [6.45, 7) is 8.87. The molecule has 20 heavy (non-hydrogen) atoms. The number of nitrogens with zero attached hydrogens (tertiary/aromatic N) is 3. The minimum Gasteiger partial charge on any atom is -0.379 e. The summed E-state index contributed by atoms with van der Waals surface area (Å²) in [5, 5.41) is 0. The molecule has 0 aliphatic heterocycles. The first-order valence-electron chi connectivity index (χ1n) is 7.20. The lowest BCUT2D eigenvalue weighted by atomic mass is 9.96. The van der Waals surface area contributed by atoms with Crippen LogP contribution in [-0.4, -0.2) is 36.8 Å². The van der Waals surface area contributed by atoms with Gasteiger partial charge in [-0.15, -0.1) is 0 Å². The summed E-state index contributed by atoms with van der Waals surface area (Å²) in [5.74, 6) is 2.61. The van der Waals surface area contributed by atoms with Crippen molar-refractivity contribution in [1.82, 2.24) is 9.97 Å². The molecule has 1 aromatic rings.